The lowest BCUT2D eigenvalue weighted by atomic mass is 10.0. The summed E-state index contributed by atoms with van der Waals surface area (Å²) >= 11 is 0. The fourth-order valence-electron chi connectivity index (χ4n) is 2.41. The maximum absolute atomic E-state index is 4.73. The number of rotatable bonds is 6. The van der Waals surface area contributed by atoms with Gasteiger partial charge in [-0.15, -0.1) is 0 Å². The number of aryl methyl sites for hydroxylation is 2. The second-order valence-electron chi connectivity index (χ2n) is 4.78. The van der Waals surface area contributed by atoms with Crippen molar-refractivity contribution in [3.8, 4) is 0 Å². The lowest BCUT2D eigenvalue weighted by Gasteiger charge is -2.10. The number of hydrogen-bond acceptors (Lipinski definition) is 0. The van der Waals surface area contributed by atoms with E-state index < -0.39 is 0 Å². The van der Waals surface area contributed by atoms with E-state index >= 15 is 0 Å². The molecule has 0 unspecified atom stereocenters. The lowest BCUT2D eigenvalue weighted by molar-refractivity contribution is 0.668. The van der Waals surface area contributed by atoms with Crippen LogP contribution in [0.25, 0.3) is 0 Å². The van der Waals surface area contributed by atoms with Gasteiger partial charge >= 0.3 is 0 Å². The summed E-state index contributed by atoms with van der Waals surface area (Å²) < 4.78 is 0. The highest BCUT2D eigenvalue weighted by Crippen LogP contribution is 2.12. The zero-order valence-corrected chi connectivity index (χ0v) is 11.9. The Morgan fingerprint density at radius 2 is 1.00 bits per heavy atom. The molecule has 0 spiro atoms. The summed E-state index contributed by atoms with van der Waals surface area (Å²) in [5.74, 6) is 0. The van der Waals surface area contributed by atoms with E-state index in [9.17, 15) is 0 Å². The Morgan fingerprint density at radius 1 is 0.632 bits per heavy atom. The van der Waals surface area contributed by atoms with Gasteiger partial charge in [0.15, 0.2) is 0 Å². The van der Waals surface area contributed by atoms with Gasteiger partial charge in [0.2, 0.25) is 0 Å². The van der Waals surface area contributed by atoms with Gasteiger partial charge in [-0.2, -0.15) is 0 Å². The Labute approximate surface area is 116 Å². The molecule has 0 saturated heterocycles. The largest absolute Gasteiger partial charge is 0.232 e. The summed E-state index contributed by atoms with van der Waals surface area (Å²) in [7, 11) is 0. The van der Waals surface area contributed by atoms with Gasteiger partial charge in [-0.3, -0.25) is 0 Å². The molecule has 0 bridgehead atoms. The van der Waals surface area contributed by atoms with Gasteiger partial charge < -0.3 is 0 Å². The van der Waals surface area contributed by atoms with Crippen LogP contribution in [0.4, 0.5) is 0 Å². The molecule has 99 valence electrons. The van der Waals surface area contributed by atoms with E-state index in [1.165, 1.54) is 22.3 Å². The van der Waals surface area contributed by atoms with E-state index in [0.717, 1.165) is 25.9 Å². The third kappa shape index (κ3) is 3.68. The molecule has 0 amide bonds. The average molecular weight is 252 g/mol. The topological polar surface area (TPSA) is 14.1 Å². The summed E-state index contributed by atoms with van der Waals surface area (Å²) in [6, 6.07) is 17.2. The van der Waals surface area contributed by atoms with E-state index in [1.54, 1.807) is 0 Å². The van der Waals surface area contributed by atoms with Gasteiger partial charge in [0.1, 0.15) is 0 Å². The van der Waals surface area contributed by atoms with Gasteiger partial charge in [-0.25, -0.2) is 5.32 Å². The van der Waals surface area contributed by atoms with E-state index in [4.69, 9.17) is 5.32 Å². The quantitative estimate of drug-likeness (QED) is 0.734. The molecule has 0 saturated carbocycles. The summed E-state index contributed by atoms with van der Waals surface area (Å²) in [5.41, 5.74) is 5.54. The van der Waals surface area contributed by atoms with Crippen molar-refractivity contribution in [2.75, 3.05) is 0 Å². The van der Waals surface area contributed by atoms with Crippen LogP contribution in [0, 0.1) is 0 Å². The number of benzene rings is 2. The van der Waals surface area contributed by atoms with Crippen LogP contribution < -0.4 is 5.32 Å². The summed E-state index contributed by atoms with van der Waals surface area (Å²) in [5, 5.41) is 4.73. The number of hydrogen-bond donors (Lipinski definition) is 0. The lowest BCUT2D eigenvalue weighted by Crippen LogP contribution is -2.08. The minimum absolute atomic E-state index is 0.821. The minimum atomic E-state index is 0.821. The van der Waals surface area contributed by atoms with Gasteiger partial charge in [-0.1, -0.05) is 62.4 Å². The second kappa shape index (κ2) is 7.10. The van der Waals surface area contributed by atoms with Crippen molar-refractivity contribution in [3.63, 3.8) is 0 Å². The molecule has 0 heterocycles. The first-order valence-corrected chi connectivity index (χ1v) is 7.12. The van der Waals surface area contributed by atoms with Crippen molar-refractivity contribution in [3.05, 3.63) is 70.8 Å². The Kier molecular flexibility index (Phi) is 5.17. The molecule has 0 aliphatic rings. The molecule has 0 aliphatic heterocycles. The standard InChI is InChI=1S/C18H22N/c1-3-15-9-5-7-11-17(15)13-19-14-18-12-8-6-10-16(18)4-2/h5-12H,3-4,13-14H2,1-2H3. The molecule has 0 fully saturated rings. The smallest absolute Gasteiger partial charge is 0.0390 e. The van der Waals surface area contributed by atoms with Crippen LogP contribution in [0.1, 0.15) is 36.1 Å². The zero-order valence-electron chi connectivity index (χ0n) is 11.9. The third-order valence-electron chi connectivity index (χ3n) is 3.56. The van der Waals surface area contributed by atoms with Gasteiger partial charge in [0.25, 0.3) is 0 Å². The summed E-state index contributed by atoms with van der Waals surface area (Å²) in [4.78, 5) is 0. The highest BCUT2D eigenvalue weighted by atomic mass is 14.8. The monoisotopic (exact) mass is 252 g/mol. The normalized spacial score (nSPS) is 10.6. The van der Waals surface area contributed by atoms with Crippen molar-refractivity contribution in [2.24, 2.45) is 0 Å². The minimum Gasteiger partial charge on any atom is -0.232 e. The predicted octanol–water partition coefficient (Wildman–Crippen LogP) is 4.12. The zero-order chi connectivity index (χ0) is 13.5. The Balaban J connectivity index is 1.96. The van der Waals surface area contributed by atoms with Crippen LogP contribution in [0.3, 0.4) is 0 Å². The van der Waals surface area contributed by atoms with E-state index in [2.05, 4.69) is 62.4 Å². The highest BCUT2D eigenvalue weighted by Gasteiger charge is 2.02. The first-order chi connectivity index (χ1) is 9.35. The van der Waals surface area contributed by atoms with Gasteiger partial charge in [0.05, 0.1) is 0 Å². The van der Waals surface area contributed by atoms with Crippen LogP contribution in [-0.2, 0) is 25.9 Å². The molecule has 1 radical (unpaired) electrons. The van der Waals surface area contributed by atoms with Crippen LogP contribution >= 0.6 is 0 Å². The van der Waals surface area contributed by atoms with Crippen LogP contribution in [0.5, 0.6) is 0 Å². The fraction of sp³-hybridized carbons (Fsp3) is 0.333. The summed E-state index contributed by atoms with van der Waals surface area (Å²) in [6.45, 7) is 6.04. The molecule has 0 N–H and O–H groups in total. The highest BCUT2D eigenvalue weighted by molar-refractivity contribution is 5.28. The van der Waals surface area contributed by atoms with E-state index in [0.29, 0.717) is 0 Å². The molecule has 1 heteroatoms. The molecule has 2 rings (SSSR count). The average Bonchev–Trinajstić information content (AvgIpc) is 2.48. The Hall–Kier alpha value is -1.60. The first-order valence-electron chi connectivity index (χ1n) is 7.12. The van der Waals surface area contributed by atoms with Crippen molar-refractivity contribution in [1.29, 1.82) is 0 Å². The van der Waals surface area contributed by atoms with Gasteiger partial charge in [-0.05, 0) is 35.1 Å². The molecule has 0 atom stereocenters. The molecule has 2 aromatic carbocycles. The van der Waals surface area contributed by atoms with Crippen molar-refractivity contribution in [1.82, 2.24) is 5.32 Å². The molecule has 19 heavy (non-hydrogen) atoms. The maximum Gasteiger partial charge on any atom is 0.0390 e. The van der Waals surface area contributed by atoms with Crippen molar-refractivity contribution in [2.45, 2.75) is 39.8 Å². The predicted molar refractivity (Wildman–Crippen MR) is 81.2 cm³/mol. The van der Waals surface area contributed by atoms with Crippen LogP contribution in [0.2, 0.25) is 0 Å². The second-order valence-corrected chi connectivity index (χ2v) is 4.78. The van der Waals surface area contributed by atoms with Crippen molar-refractivity contribution >= 4 is 0 Å². The third-order valence-corrected chi connectivity index (χ3v) is 3.56. The molecule has 1 nitrogen and oxygen atoms in total. The molecule has 2 aromatic rings. The molecule has 0 aromatic heterocycles. The van der Waals surface area contributed by atoms with Crippen LogP contribution in [0.15, 0.2) is 48.5 Å². The Bertz CT molecular complexity index is 469. The van der Waals surface area contributed by atoms with E-state index in [1.807, 2.05) is 0 Å². The summed E-state index contributed by atoms with van der Waals surface area (Å²) in [6.07, 6.45) is 2.16. The SMILES string of the molecule is CCc1ccccc1C[N]Cc1ccccc1CC. The first kappa shape index (κ1) is 13.8. The Morgan fingerprint density at radius 3 is 1.37 bits per heavy atom. The number of nitrogens with zero attached hydrogens (tertiary/aromatic N) is 1. The van der Waals surface area contributed by atoms with Gasteiger partial charge in [0, 0.05) is 13.1 Å². The van der Waals surface area contributed by atoms with E-state index in [-0.39, 0.29) is 0 Å². The van der Waals surface area contributed by atoms with Crippen LogP contribution in [-0.4, -0.2) is 0 Å². The fourth-order valence-corrected chi connectivity index (χ4v) is 2.41. The van der Waals surface area contributed by atoms with Crippen molar-refractivity contribution < 1.29 is 0 Å². The molecular formula is C18H22N. The molecule has 0 aliphatic carbocycles. The maximum atomic E-state index is 4.73. The molecular weight excluding hydrogens is 230 g/mol.